The monoisotopic (exact) mass is 398 g/mol. The highest BCUT2D eigenvalue weighted by Gasteiger charge is 2.17. The van der Waals surface area contributed by atoms with Crippen molar-refractivity contribution in [2.45, 2.75) is 11.8 Å². The molecule has 0 aliphatic heterocycles. The Kier molecular flexibility index (Phi) is 6.25. The van der Waals surface area contributed by atoms with Gasteiger partial charge < -0.3 is 14.8 Å². The van der Waals surface area contributed by atoms with E-state index in [1.54, 1.807) is 6.07 Å². The molecule has 27 heavy (non-hydrogen) atoms. The highest BCUT2D eigenvalue weighted by Crippen LogP contribution is 2.27. The fourth-order valence-electron chi connectivity index (χ4n) is 2.08. The minimum absolute atomic E-state index is 0.0340. The number of benzene rings is 1. The summed E-state index contributed by atoms with van der Waals surface area (Å²) in [7, 11) is 0. The largest absolute Gasteiger partial charge is 0.510 e. The van der Waals surface area contributed by atoms with Crippen molar-refractivity contribution in [1.82, 2.24) is 15.5 Å². The number of thioether (sulfide) groups is 1. The van der Waals surface area contributed by atoms with Gasteiger partial charge in [0.05, 0.1) is 10.6 Å². The van der Waals surface area contributed by atoms with E-state index in [0.717, 1.165) is 22.2 Å². The summed E-state index contributed by atoms with van der Waals surface area (Å²) in [5.74, 6) is -0.626. The van der Waals surface area contributed by atoms with Crippen molar-refractivity contribution in [3.8, 4) is 16.8 Å². The number of nitrogens with one attached hydrogen (secondary N) is 1. The number of thiophene rings is 1. The molecule has 3 rings (SSSR count). The number of hydrogen-bond donors (Lipinski definition) is 2. The van der Waals surface area contributed by atoms with E-state index in [4.69, 9.17) is 4.42 Å². The van der Waals surface area contributed by atoms with Gasteiger partial charge in [0.1, 0.15) is 11.8 Å². The molecule has 2 aromatic heterocycles. The van der Waals surface area contributed by atoms with Gasteiger partial charge in [0, 0.05) is 6.54 Å². The third-order valence-corrected chi connectivity index (χ3v) is 5.08. The molecule has 9 heteroatoms. The fourth-order valence-corrected chi connectivity index (χ4v) is 3.37. The van der Waals surface area contributed by atoms with Crippen LogP contribution in [0.3, 0.4) is 0 Å². The zero-order chi connectivity index (χ0) is 19.1. The van der Waals surface area contributed by atoms with Crippen molar-refractivity contribution >= 4 is 29.0 Å². The number of nitriles is 1. The second-order valence-electron chi connectivity index (χ2n) is 5.24. The summed E-state index contributed by atoms with van der Waals surface area (Å²) in [6, 6.07) is 14.8. The van der Waals surface area contributed by atoms with Gasteiger partial charge in [-0.15, -0.1) is 21.5 Å². The molecule has 0 atom stereocenters. The first-order chi connectivity index (χ1) is 13.2. The van der Waals surface area contributed by atoms with Crippen LogP contribution in [0.1, 0.15) is 5.56 Å². The first-order valence-corrected chi connectivity index (χ1v) is 9.68. The SMILES string of the molecule is N#C/C(C(=O)NCc1ccccc1)=C(/O)CSc1nnc(-c2cccs2)o1. The number of nitrogens with zero attached hydrogens (tertiary/aromatic N) is 3. The maximum Gasteiger partial charge on any atom is 0.277 e. The summed E-state index contributed by atoms with van der Waals surface area (Å²) >= 11 is 2.52. The molecular formula is C18H14N4O3S2. The van der Waals surface area contributed by atoms with Crippen molar-refractivity contribution in [3.63, 3.8) is 0 Å². The highest BCUT2D eigenvalue weighted by molar-refractivity contribution is 7.99. The number of carbonyl (C=O) groups is 1. The Morgan fingerprint density at radius 1 is 1.26 bits per heavy atom. The Morgan fingerprint density at radius 3 is 2.78 bits per heavy atom. The standard InChI is InChI=1S/C18H14N4O3S2/c19-9-13(16(24)20-10-12-5-2-1-3-6-12)14(23)11-27-18-22-21-17(25-18)15-7-4-8-26-15/h1-8,23H,10-11H2,(H,20,24)/b14-13-. The second-order valence-corrected chi connectivity index (χ2v) is 7.12. The summed E-state index contributed by atoms with van der Waals surface area (Å²) in [6.45, 7) is 0.263. The lowest BCUT2D eigenvalue weighted by atomic mass is 10.2. The van der Waals surface area contributed by atoms with Crippen molar-refractivity contribution in [2.24, 2.45) is 0 Å². The minimum atomic E-state index is -0.635. The predicted octanol–water partition coefficient (Wildman–Crippen LogP) is 3.54. The van der Waals surface area contributed by atoms with Crippen molar-refractivity contribution in [1.29, 1.82) is 5.26 Å². The van der Waals surface area contributed by atoms with Crippen molar-refractivity contribution in [3.05, 3.63) is 64.7 Å². The average molecular weight is 398 g/mol. The minimum Gasteiger partial charge on any atom is -0.510 e. The van der Waals surface area contributed by atoms with Gasteiger partial charge in [-0.1, -0.05) is 48.2 Å². The van der Waals surface area contributed by atoms with Crippen LogP contribution in [0.25, 0.3) is 10.8 Å². The summed E-state index contributed by atoms with van der Waals surface area (Å²) in [6.07, 6.45) is 0. The first kappa shape index (κ1) is 18.7. The third-order valence-electron chi connectivity index (χ3n) is 3.39. The van der Waals surface area contributed by atoms with Crippen LogP contribution in [0, 0.1) is 11.3 Å². The molecule has 0 radical (unpaired) electrons. The van der Waals surface area contributed by atoms with Gasteiger partial charge in [-0.05, 0) is 17.0 Å². The Bertz CT molecular complexity index is 976. The molecule has 0 aliphatic carbocycles. The zero-order valence-corrected chi connectivity index (χ0v) is 15.6. The first-order valence-electron chi connectivity index (χ1n) is 7.82. The number of amides is 1. The maximum absolute atomic E-state index is 12.1. The van der Waals surface area contributed by atoms with E-state index in [1.807, 2.05) is 47.8 Å². The molecular weight excluding hydrogens is 384 g/mol. The number of aromatic nitrogens is 2. The number of aliphatic hydroxyl groups is 1. The molecule has 0 saturated heterocycles. The molecule has 0 bridgehead atoms. The topological polar surface area (TPSA) is 112 Å². The van der Waals surface area contributed by atoms with Crippen LogP contribution in [0.4, 0.5) is 0 Å². The molecule has 0 saturated carbocycles. The Morgan fingerprint density at radius 2 is 2.07 bits per heavy atom. The molecule has 3 aromatic rings. The maximum atomic E-state index is 12.1. The molecule has 0 unspecified atom stereocenters. The van der Waals surface area contributed by atoms with Gasteiger partial charge >= 0.3 is 0 Å². The van der Waals surface area contributed by atoms with E-state index in [2.05, 4.69) is 15.5 Å². The van der Waals surface area contributed by atoms with Gasteiger partial charge in [0.25, 0.3) is 17.0 Å². The highest BCUT2D eigenvalue weighted by atomic mass is 32.2. The van der Waals surface area contributed by atoms with Gasteiger partial charge in [-0.25, -0.2) is 0 Å². The molecule has 2 heterocycles. The van der Waals surface area contributed by atoms with E-state index < -0.39 is 5.91 Å². The van der Waals surface area contributed by atoms with E-state index in [9.17, 15) is 15.2 Å². The van der Waals surface area contributed by atoms with Gasteiger partial charge in [0.15, 0.2) is 5.57 Å². The molecule has 136 valence electrons. The quantitative estimate of drug-likeness (QED) is 0.271. The van der Waals surface area contributed by atoms with E-state index in [0.29, 0.717) is 5.89 Å². The summed E-state index contributed by atoms with van der Waals surface area (Å²) in [4.78, 5) is 13.0. The van der Waals surface area contributed by atoms with Gasteiger partial charge in [-0.3, -0.25) is 4.79 Å². The number of rotatable bonds is 7. The lowest BCUT2D eigenvalue weighted by Crippen LogP contribution is -2.25. The van der Waals surface area contributed by atoms with Crippen LogP contribution in [0.2, 0.25) is 0 Å². The van der Waals surface area contributed by atoms with Crippen molar-refractivity contribution < 1.29 is 14.3 Å². The summed E-state index contributed by atoms with van der Waals surface area (Å²) < 4.78 is 5.49. The van der Waals surface area contributed by atoms with Crippen LogP contribution in [0.15, 0.2) is 68.8 Å². The molecule has 0 fully saturated rings. The molecule has 1 aromatic carbocycles. The average Bonchev–Trinajstić information content (AvgIpc) is 3.37. The fraction of sp³-hybridized carbons (Fsp3) is 0.111. The van der Waals surface area contributed by atoms with Crippen LogP contribution in [0.5, 0.6) is 0 Å². The molecule has 0 aliphatic rings. The Hall–Kier alpha value is -3.09. The Balaban J connectivity index is 1.59. The lowest BCUT2D eigenvalue weighted by molar-refractivity contribution is -0.117. The van der Waals surface area contributed by atoms with Gasteiger partial charge in [0.2, 0.25) is 0 Å². The smallest absolute Gasteiger partial charge is 0.277 e. The second kappa shape index (κ2) is 9.02. The molecule has 0 spiro atoms. The normalized spacial score (nSPS) is 11.5. The van der Waals surface area contributed by atoms with Crippen LogP contribution in [-0.2, 0) is 11.3 Å². The summed E-state index contributed by atoms with van der Waals surface area (Å²) in [5.41, 5.74) is 0.556. The predicted molar refractivity (Wildman–Crippen MR) is 102 cm³/mol. The lowest BCUT2D eigenvalue weighted by Gasteiger charge is -2.06. The molecule has 1 amide bonds. The molecule has 2 N–H and O–H groups in total. The van der Waals surface area contributed by atoms with E-state index >= 15 is 0 Å². The van der Waals surface area contributed by atoms with E-state index in [1.165, 1.54) is 11.3 Å². The third kappa shape index (κ3) is 4.97. The van der Waals surface area contributed by atoms with Crippen LogP contribution >= 0.6 is 23.1 Å². The Labute approximate surface area is 163 Å². The van der Waals surface area contributed by atoms with Crippen molar-refractivity contribution in [2.75, 3.05) is 5.75 Å². The number of aliphatic hydroxyl groups excluding tert-OH is 1. The van der Waals surface area contributed by atoms with Gasteiger partial charge in [-0.2, -0.15) is 5.26 Å². The molecule has 7 nitrogen and oxygen atoms in total. The van der Waals surface area contributed by atoms with Crippen LogP contribution < -0.4 is 5.32 Å². The summed E-state index contributed by atoms with van der Waals surface area (Å²) in [5, 5.41) is 31.9. The number of hydrogen-bond acceptors (Lipinski definition) is 8. The number of carbonyl (C=O) groups excluding carboxylic acids is 1. The van der Waals surface area contributed by atoms with E-state index in [-0.39, 0.29) is 28.9 Å². The zero-order valence-electron chi connectivity index (χ0n) is 14.0. The van der Waals surface area contributed by atoms with Crippen LogP contribution in [-0.4, -0.2) is 27.0 Å².